The summed E-state index contributed by atoms with van der Waals surface area (Å²) in [4.78, 5) is 11.7. The van der Waals surface area contributed by atoms with Gasteiger partial charge in [-0.05, 0) is 20.3 Å². The molecule has 0 saturated carbocycles. The summed E-state index contributed by atoms with van der Waals surface area (Å²) in [6.07, 6.45) is 1.93. The molecule has 4 nitrogen and oxygen atoms in total. The largest absolute Gasteiger partial charge is 0.493 e. The van der Waals surface area contributed by atoms with Gasteiger partial charge < -0.3 is 5.11 Å². The third-order valence-corrected chi connectivity index (χ3v) is 2.50. The number of hydrogen-bond donors (Lipinski definition) is 1. The Kier molecular flexibility index (Phi) is 3.38. The smallest absolute Gasteiger partial charge is 0.331 e. The van der Waals surface area contributed by atoms with Crippen molar-refractivity contribution in [3.05, 3.63) is 16.2 Å². The Balaban J connectivity index is 3.10. The molecule has 0 amide bonds. The van der Waals surface area contributed by atoms with Gasteiger partial charge in [0.2, 0.25) is 5.88 Å². The van der Waals surface area contributed by atoms with Gasteiger partial charge in [0.25, 0.3) is 0 Å². The molecule has 0 fully saturated rings. The molecule has 1 heterocycles. The molecule has 1 N–H and O–H groups in total. The van der Waals surface area contributed by atoms with Crippen LogP contribution in [0, 0.1) is 6.92 Å². The second-order valence-electron chi connectivity index (χ2n) is 3.44. The van der Waals surface area contributed by atoms with Crippen molar-refractivity contribution >= 4 is 0 Å². The van der Waals surface area contributed by atoms with Gasteiger partial charge in [0, 0.05) is 13.1 Å². The van der Waals surface area contributed by atoms with Crippen LogP contribution >= 0.6 is 0 Å². The van der Waals surface area contributed by atoms with E-state index >= 15 is 0 Å². The number of unbranched alkanes of at least 4 members (excludes halogenated alkanes) is 1. The van der Waals surface area contributed by atoms with Crippen molar-refractivity contribution in [3.63, 3.8) is 0 Å². The molecule has 0 bridgehead atoms. The predicted octanol–water partition coefficient (Wildman–Crippen LogP) is 1.48. The van der Waals surface area contributed by atoms with Crippen LogP contribution in [-0.4, -0.2) is 14.2 Å². The molecule has 0 aliphatic heterocycles. The van der Waals surface area contributed by atoms with E-state index in [0.717, 1.165) is 12.8 Å². The monoisotopic (exact) mass is 198 g/mol. The zero-order chi connectivity index (χ0) is 10.7. The van der Waals surface area contributed by atoms with Gasteiger partial charge in [0.1, 0.15) is 0 Å². The maximum atomic E-state index is 11.7. The van der Waals surface area contributed by atoms with Crippen LogP contribution < -0.4 is 5.69 Å². The van der Waals surface area contributed by atoms with E-state index in [4.69, 9.17) is 0 Å². The highest BCUT2D eigenvalue weighted by atomic mass is 16.3. The second kappa shape index (κ2) is 4.35. The molecule has 4 heteroatoms. The van der Waals surface area contributed by atoms with Crippen LogP contribution in [0.25, 0.3) is 0 Å². The summed E-state index contributed by atoms with van der Waals surface area (Å²) >= 11 is 0. The van der Waals surface area contributed by atoms with E-state index in [0.29, 0.717) is 18.8 Å². The van der Waals surface area contributed by atoms with Gasteiger partial charge in [0.05, 0.1) is 5.69 Å². The van der Waals surface area contributed by atoms with Gasteiger partial charge in [0.15, 0.2) is 0 Å². The molecule has 0 aromatic carbocycles. The molecule has 1 rings (SSSR count). The molecule has 80 valence electrons. The zero-order valence-electron chi connectivity index (χ0n) is 9.08. The number of rotatable bonds is 4. The lowest BCUT2D eigenvalue weighted by atomic mass is 10.3. The molecule has 0 radical (unpaired) electrons. The lowest BCUT2D eigenvalue weighted by Gasteiger charge is -2.00. The predicted molar refractivity (Wildman–Crippen MR) is 55.7 cm³/mol. The van der Waals surface area contributed by atoms with Gasteiger partial charge >= 0.3 is 5.69 Å². The van der Waals surface area contributed by atoms with Crippen LogP contribution in [0.5, 0.6) is 5.88 Å². The molecule has 0 spiro atoms. The fourth-order valence-electron chi connectivity index (χ4n) is 1.59. The highest BCUT2D eigenvalue weighted by Gasteiger charge is 2.13. The Hall–Kier alpha value is -1.19. The summed E-state index contributed by atoms with van der Waals surface area (Å²) in [7, 11) is 0. The van der Waals surface area contributed by atoms with Crippen LogP contribution in [0.2, 0.25) is 0 Å². The maximum absolute atomic E-state index is 11.7. The number of aromatic hydroxyl groups is 1. The molecule has 0 aliphatic carbocycles. The SMILES string of the molecule is CCCCn1c(O)c(C)n(CC)c1=O. The van der Waals surface area contributed by atoms with Crippen molar-refractivity contribution in [1.82, 2.24) is 9.13 Å². The highest BCUT2D eigenvalue weighted by Crippen LogP contribution is 2.14. The first kappa shape index (κ1) is 10.9. The Morgan fingerprint density at radius 1 is 1.29 bits per heavy atom. The fourth-order valence-corrected chi connectivity index (χ4v) is 1.59. The zero-order valence-corrected chi connectivity index (χ0v) is 9.08. The van der Waals surface area contributed by atoms with Crippen molar-refractivity contribution in [2.45, 2.75) is 46.7 Å². The van der Waals surface area contributed by atoms with Crippen molar-refractivity contribution < 1.29 is 5.11 Å². The van der Waals surface area contributed by atoms with E-state index in [-0.39, 0.29) is 11.6 Å². The number of imidazole rings is 1. The third kappa shape index (κ3) is 1.69. The first-order chi connectivity index (χ1) is 6.63. The van der Waals surface area contributed by atoms with Gasteiger partial charge in [-0.1, -0.05) is 13.3 Å². The summed E-state index contributed by atoms with van der Waals surface area (Å²) in [6, 6.07) is 0. The molecule has 1 aromatic heterocycles. The van der Waals surface area contributed by atoms with E-state index in [1.54, 1.807) is 11.5 Å². The van der Waals surface area contributed by atoms with E-state index < -0.39 is 0 Å². The van der Waals surface area contributed by atoms with Crippen molar-refractivity contribution in [2.24, 2.45) is 0 Å². The van der Waals surface area contributed by atoms with Gasteiger partial charge in [-0.2, -0.15) is 0 Å². The minimum absolute atomic E-state index is 0.101. The average molecular weight is 198 g/mol. The topological polar surface area (TPSA) is 47.2 Å². The molecule has 0 aliphatic rings. The number of aromatic nitrogens is 2. The molecule has 0 saturated heterocycles. The van der Waals surface area contributed by atoms with Crippen LogP contribution in [0.15, 0.2) is 4.79 Å². The first-order valence-electron chi connectivity index (χ1n) is 5.12. The normalized spacial score (nSPS) is 10.8. The minimum Gasteiger partial charge on any atom is -0.493 e. The van der Waals surface area contributed by atoms with E-state index in [1.165, 1.54) is 4.57 Å². The Morgan fingerprint density at radius 3 is 2.36 bits per heavy atom. The van der Waals surface area contributed by atoms with Crippen molar-refractivity contribution in [2.75, 3.05) is 0 Å². The lowest BCUT2D eigenvalue weighted by molar-refractivity contribution is 0.405. The van der Waals surface area contributed by atoms with Crippen LogP contribution in [0.1, 0.15) is 32.4 Å². The molecular weight excluding hydrogens is 180 g/mol. The molecular formula is C10H18N2O2. The van der Waals surface area contributed by atoms with Crippen molar-refractivity contribution in [3.8, 4) is 5.88 Å². The third-order valence-electron chi connectivity index (χ3n) is 2.50. The van der Waals surface area contributed by atoms with E-state index in [1.807, 2.05) is 6.92 Å². The Morgan fingerprint density at radius 2 is 1.93 bits per heavy atom. The van der Waals surface area contributed by atoms with Crippen LogP contribution in [-0.2, 0) is 13.1 Å². The summed E-state index contributed by atoms with van der Waals surface area (Å²) in [5.74, 6) is 0.116. The van der Waals surface area contributed by atoms with Gasteiger partial charge in [-0.3, -0.25) is 9.13 Å². The maximum Gasteiger partial charge on any atom is 0.331 e. The average Bonchev–Trinajstić information content (AvgIpc) is 2.37. The lowest BCUT2D eigenvalue weighted by Crippen LogP contribution is -2.24. The molecule has 0 unspecified atom stereocenters. The second-order valence-corrected chi connectivity index (χ2v) is 3.44. The van der Waals surface area contributed by atoms with Crippen LogP contribution in [0.3, 0.4) is 0 Å². The summed E-state index contributed by atoms with van der Waals surface area (Å²) in [6.45, 7) is 6.94. The van der Waals surface area contributed by atoms with Crippen molar-refractivity contribution in [1.29, 1.82) is 0 Å². The summed E-state index contributed by atoms with van der Waals surface area (Å²) in [5, 5.41) is 9.70. The molecule has 14 heavy (non-hydrogen) atoms. The van der Waals surface area contributed by atoms with E-state index in [2.05, 4.69) is 6.92 Å². The Bertz CT molecular complexity index is 363. The standard InChI is InChI=1S/C10H18N2O2/c1-4-6-7-12-9(13)8(3)11(5-2)10(12)14/h13H,4-7H2,1-3H3. The quantitative estimate of drug-likeness (QED) is 0.796. The van der Waals surface area contributed by atoms with Gasteiger partial charge in [-0.25, -0.2) is 4.79 Å². The Labute approximate surface area is 83.8 Å². The summed E-state index contributed by atoms with van der Waals surface area (Å²) < 4.78 is 3.04. The highest BCUT2D eigenvalue weighted by molar-refractivity contribution is 5.18. The summed E-state index contributed by atoms with van der Waals surface area (Å²) in [5.41, 5.74) is 0.560. The number of hydrogen-bond acceptors (Lipinski definition) is 2. The van der Waals surface area contributed by atoms with Gasteiger partial charge in [-0.15, -0.1) is 0 Å². The molecule has 0 atom stereocenters. The fraction of sp³-hybridized carbons (Fsp3) is 0.700. The minimum atomic E-state index is -0.101. The number of nitrogens with zero attached hydrogens (tertiary/aromatic N) is 2. The van der Waals surface area contributed by atoms with Crippen LogP contribution in [0.4, 0.5) is 0 Å². The first-order valence-corrected chi connectivity index (χ1v) is 5.12. The molecule has 1 aromatic rings. The van der Waals surface area contributed by atoms with E-state index in [9.17, 15) is 9.90 Å².